The van der Waals surface area contributed by atoms with Crippen molar-refractivity contribution in [3.8, 4) is 5.75 Å². The van der Waals surface area contributed by atoms with Gasteiger partial charge in [-0.3, -0.25) is 4.90 Å². The summed E-state index contributed by atoms with van der Waals surface area (Å²) in [7, 11) is 0. The highest BCUT2D eigenvalue weighted by Crippen LogP contribution is 2.28. The average Bonchev–Trinajstić information content (AvgIpc) is 2.95. The second-order valence-corrected chi connectivity index (χ2v) is 5.71. The molecule has 20 heavy (non-hydrogen) atoms. The van der Waals surface area contributed by atoms with Gasteiger partial charge in [-0.15, -0.1) is 0 Å². The van der Waals surface area contributed by atoms with Gasteiger partial charge < -0.3 is 10.1 Å². The normalized spacial score (nSPS) is 15.7. The summed E-state index contributed by atoms with van der Waals surface area (Å²) in [4.78, 5) is 2.45. The van der Waals surface area contributed by atoms with Crippen LogP contribution < -0.4 is 10.1 Å². The van der Waals surface area contributed by atoms with Crippen molar-refractivity contribution in [3.05, 3.63) is 28.8 Å². The fourth-order valence-corrected chi connectivity index (χ4v) is 2.79. The SMILES string of the molecule is CCCNCc1cccc(Cl)c1OCCN1CCCC1. The number of benzene rings is 1. The van der Waals surface area contributed by atoms with Crippen LogP contribution in [0, 0.1) is 0 Å². The summed E-state index contributed by atoms with van der Waals surface area (Å²) in [5.41, 5.74) is 1.15. The minimum Gasteiger partial charge on any atom is -0.490 e. The highest BCUT2D eigenvalue weighted by atomic mass is 35.5. The van der Waals surface area contributed by atoms with Crippen LogP contribution >= 0.6 is 11.6 Å². The fourth-order valence-electron chi connectivity index (χ4n) is 2.54. The lowest BCUT2D eigenvalue weighted by molar-refractivity contribution is 0.236. The Balaban J connectivity index is 1.87. The number of ether oxygens (including phenoxy) is 1. The van der Waals surface area contributed by atoms with E-state index < -0.39 is 0 Å². The molecule has 0 spiro atoms. The zero-order valence-electron chi connectivity index (χ0n) is 12.3. The topological polar surface area (TPSA) is 24.5 Å². The Morgan fingerprint density at radius 1 is 1.30 bits per heavy atom. The van der Waals surface area contributed by atoms with Crippen LogP contribution in [0.4, 0.5) is 0 Å². The second kappa shape index (κ2) is 8.50. The Labute approximate surface area is 127 Å². The molecule has 1 aromatic rings. The van der Waals surface area contributed by atoms with Crippen LogP contribution in [-0.4, -0.2) is 37.7 Å². The van der Waals surface area contributed by atoms with E-state index in [1.165, 1.54) is 25.9 Å². The summed E-state index contributed by atoms with van der Waals surface area (Å²) in [6, 6.07) is 5.97. The van der Waals surface area contributed by atoms with Crippen molar-refractivity contribution < 1.29 is 4.74 Å². The third kappa shape index (κ3) is 4.65. The van der Waals surface area contributed by atoms with Gasteiger partial charge in [0.15, 0.2) is 0 Å². The Bertz CT molecular complexity index is 405. The van der Waals surface area contributed by atoms with Gasteiger partial charge >= 0.3 is 0 Å². The molecule has 1 aliphatic rings. The Morgan fingerprint density at radius 2 is 2.10 bits per heavy atom. The van der Waals surface area contributed by atoms with Crippen molar-refractivity contribution in [1.29, 1.82) is 0 Å². The molecule has 0 saturated carbocycles. The Kier molecular flexibility index (Phi) is 6.64. The molecule has 0 unspecified atom stereocenters. The number of hydrogen-bond donors (Lipinski definition) is 1. The lowest BCUT2D eigenvalue weighted by Gasteiger charge is -2.17. The predicted molar refractivity (Wildman–Crippen MR) is 84.6 cm³/mol. The van der Waals surface area contributed by atoms with E-state index in [0.29, 0.717) is 11.6 Å². The van der Waals surface area contributed by atoms with Gasteiger partial charge in [0, 0.05) is 18.7 Å². The summed E-state index contributed by atoms with van der Waals surface area (Å²) < 4.78 is 5.95. The van der Waals surface area contributed by atoms with Gasteiger partial charge in [0.2, 0.25) is 0 Å². The van der Waals surface area contributed by atoms with Crippen molar-refractivity contribution in [1.82, 2.24) is 10.2 Å². The fraction of sp³-hybridized carbons (Fsp3) is 0.625. The lowest BCUT2D eigenvalue weighted by atomic mass is 10.2. The number of hydrogen-bond acceptors (Lipinski definition) is 3. The van der Waals surface area contributed by atoms with Crippen LogP contribution in [0.2, 0.25) is 5.02 Å². The molecule has 1 saturated heterocycles. The van der Waals surface area contributed by atoms with Crippen LogP contribution in [0.15, 0.2) is 18.2 Å². The molecule has 1 fully saturated rings. The van der Waals surface area contributed by atoms with Gasteiger partial charge in [0.05, 0.1) is 5.02 Å². The van der Waals surface area contributed by atoms with Crippen LogP contribution in [0.3, 0.4) is 0 Å². The molecule has 0 amide bonds. The molecular formula is C16H25ClN2O. The summed E-state index contributed by atoms with van der Waals surface area (Å²) in [5.74, 6) is 0.844. The van der Waals surface area contributed by atoms with Gasteiger partial charge in [-0.25, -0.2) is 0 Å². The molecule has 1 aliphatic heterocycles. The maximum atomic E-state index is 6.27. The zero-order chi connectivity index (χ0) is 14.2. The van der Waals surface area contributed by atoms with Crippen LogP contribution in [0.25, 0.3) is 0 Å². The summed E-state index contributed by atoms with van der Waals surface area (Å²) in [6.45, 7) is 8.11. The minimum absolute atomic E-state index is 0.710. The largest absolute Gasteiger partial charge is 0.490 e. The van der Waals surface area contributed by atoms with Crippen molar-refractivity contribution >= 4 is 11.6 Å². The Hall–Kier alpha value is -0.770. The number of halogens is 1. The second-order valence-electron chi connectivity index (χ2n) is 5.30. The molecule has 2 rings (SSSR count). The van der Waals surface area contributed by atoms with E-state index in [2.05, 4.69) is 23.2 Å². The smallest absolute Gasteiger partial charge is 0.142 e. The van der Waals surface area contributed by atoms with Crippen molar-refractivity contribution in [2.75, 3.05) is 32.8 Å². The number of rotatable bonds is 8. The monoisotopic (exact) mass is 296 g/mol. The van der Waals surface area contributed by atoms with Gasteiger partial charge in [-0.05, 0) is 45.0 Å². The molecule has 4 heteroatoms. The third-order valence-corrected chi connectivity index (χ3v) is 3.94. The summed E-state index contributed by atoms with van der Waals surface area (Å²) >= 11 is 6.27. The highest BCUT2D eigenvalue weighted by molar-refractivity contribution is 6.32. The van der Waals surface area contributed by atoms with E-state index in [9.17, 15) is 0 Å². The molecule has 3 nitrogen and oxygen atoms in total. The highest BCUT2D eigenvalue weighted by Gasteiger charge is 2.12. The van der Waals surface area contributed by atoms with Gasteiger partial charge in [-0.2, -0.15) is 0 Å². The molecular weight excluding hydrogens is 272 g/mol. The van der Waals surface area contributed by atoms with Crippen LogP contribution in [0.5, 0.6) is 5.75 Å². The molecule has 0 atom stereocenters. The summed E-state index contributed by atoms with van der Waals surface area (Å²) in [6.07, 6.45) is 3.77. The maximum Gasteiger partial charge on any atom is 0.142 e. The molecule has 0 aromatic heterocycles. The van der Waals surface area contributed by atoms with E-state index in [0.717, 1.165) is 37.4 Å². The standard InChI is InChI=1S/C16H25ClN2O/c1-2-8-18-13-14-6-5-7-15(17)16(14)20-12-11-19-9-3-4-10-19/h5-7,18H,2-4,8-13H2,1H3. The number of nitrogens with one attached hydrogen (secondary N) is 1. The molecule has 1 aromatic carbocycles. The molecule has 0 aliphatic carbocycles. The predicted octanol–water partition coefficient (Wildman–Crippen LogP) is 3.31. The van der Waals surface area contributed by atoms with Crippen molar-refractivity contribution in [3.63, 3.8) is 0 Å². The Morgan fingerprint density at radius 3 is 2.85 bits per heavy atom. The van der Waals surface area contributed by atoms with Crippen molar-refractivity contribution in [2.45, 2.75) is 32.7 Å². The van der Waals surface area contributed by atoms with Gasteiger partial charge in [0.25, 0.3) is 0 Å². The first-order valence-corrected chi connectivity index (χ1v) is 8.02. The molecule has 112 valence electrons. The first-order valence-electron chi connectivity index (χ1n) is 7.64. The number of para-hydroxylation sites is 1. The first-order chi connectivity index (χ1) is 9.81. The summed E-state index contributed by atoms with van der Waals surface area (Å²) in [5, 5.41) is 4.11. The first kappa shape index (κ1) is 15.6. The van der Waals surface area contributed by atoms with E-state index in [4.69, 9.17) is 16.3 Å². The zero-order valence-corrected chi connectivity index (χ0v) is 13.1. The molecule has 0 radical (unpaired) electrons. The number of nitrogens with zero attached hydrogens (tertiary/aromatic N) is 1. The van der Waals surface area contributed by atoms with E-state index in [1.807, 2.05) is 12.1 Å². The van der Waals surface area contributed by atoms with E-state index in [-0.39, 0.29) is 0 Å². The molecule has 1 heterocycles. The van der Waals surface area contributed by atoms with Gasteiger partial charge in [-0.1, -0.05) is 30.7 Å². The van der Waals surface area contributed by atoms with Gasteiger partial charge in [0.1, 0.15) is 12.4 Å². The van der Waals surface area contributed by atoms with Crippen molar-refractivity contribution in [2.24, 2.45) is 0 Å². The van der Waals surface area contributed by atoms with E-state index in [1.54, 1.807) is 0 Å². The average molecular weight is 297 g/mol. The third-order valence-electron chi connectivity index (χ3n) is 3.64. The van der Waals surface area contributed by atoms with Crippen LogP contribution in [0.1, 0.15) is 31.7 Å². The lowest BCUT2D eigenvalue weighted by Crippen LogP contribution is -2.25. The quantitative estimate of drug-likeness (QED) is 0.745. The number of likely N-dealkylation sites (tertiary alicyclic amines) is 1. The van der Waals surface area contributed by atoms with Crippen LogP contribution in [-0.2, 0) is 6.54 Å². The maximum absolute atomic E-state index is 6.27. The molecule has 0 bridgehead atoms. The minimum atomic E-state index is 0.710. The van der Waals surface area contributed by atoms with E-state index >= 15 is 0 Å². The molecule has 1 N–H and O–H groups in total.